The monoisotopic (exact) mass is 437 g/mol. The second-order valence-corrected chi connectivity index (χ2v) is 8.11. The zero-order valence-corrected chi connectivity index (χ0v) is 17.7. The maximum atomic E-state index is 13.5. The molecular weight excluding hydrogens is 411 g/mol. The van der Waals surface area contributed by atoms with Crippen LogP contribution in [0.25, 0.3) is 0 Å². The first-order valence-electron chi connectivity index (χ1n) is 10.1. The Morgan fingerprint density at radius 2 is 1.77 bits per heavy atom. The maximum absolute atomic E-state index is 13.5. The highest BCUT2D eigenvalue weighted by molar-refractivity contribution is 5.77. The van der Waals surface area contributed by atoms with Crippen LogP contribution in [0.15, 0.2) is 36.7 Å². The number of aryl methyl sites for hydroxylation is 1. The van der Waals surface area contributed by atoms with Gasteiger partial charge in [-0.15, -0.1) is 0 Å². The highest BCUT2D eigenvalue weighted by Crippen LogP contribution is 2.42. The highest BCUT2D eigenvalue weighted by Gasteiger charge is 2.45. The number of rotatable bonds is 6. The van der Waals surface area contributed by atoms with Crippen LogP contribution in [0.2, 0.25) is 0 Å². The molecule has 0 spiro atoms. The zero-order chi connectivity index (χ0) is 22.6. The molecule has 3 rings (SSSR count). The lowest BCUT2D eigenvalue weighted by Gasteiger charge is -2.35. The second kappa shape index (κ2) is 9.21. The molecule has 3 heterocycles. The molecule has 1 fully saturated rings. The van der Waals surface area contributed by atoms with E-state index in [1.165, 1.54) is 12.3 Å². The minimum absolute atomic E-state index is 0.246. The fourth-order valence-electron chi connectivity index (χ4n) is 3.51. The normalized spacial score (nSPS) is 16.6. The third kappa shape index (κ3) is 5.33. The molecule has 0 bridgehead atoms. The van der Waals surface area contributed by atoms with Gasteiger partial charge in [-0.25, -0.2) is 4.98 Å². The van der Waals surface area contributed by atoms with E-state index in [1.807, 2.05) is 0 Å². The number of alkyl halides is 3. The zero-order valence-electron chi connectivity index (χ0n) is 17.7. The van der Waals surface area contributed by atoms with Gasteiger partial charge in [0, 0.05) is 23.7 Å². The smallest absolute Gasteiger partial charge is 0.421 e. The summed E-state index contributed by atoms with van der Waals surface area (Å²) in [5.74, 6) is -1.14. The fourth-order valence-corrected chi connectivity index (χ4v) is 3.51. The number of aromatic nitrogens is 2. The Balaban J connectivity index is 1.97. The second-order valence-electron chi connectivity index (χ2n) is 8.11. The summed E-state index contributed by atoms with van der Waals surface area (Å²) in [7, 11) is 0. The van der Waals surface area contributed by atoms with Crippen LogP contribution < -0.4 is 10.1 Å². The van der Waals surface area contributed by atoms with Crippen LogP contribution in [0.1, 0.15) is 49.6 Å². The quantitative estimate of drug-likeness (QED) is 0.682. The van der Waals surface area contributed by atoms with Crippen molar-refractivity contribution in [3.05, 3.63) is 53.5 Å². The average Bonchev–Trinajstić information content (AvgIpc) is 2.73. The van der Waals surface area contributed by atoms with Crippen LogP contribution in [0.4, 0.5) is 13.2 Å². The van der Waals surface area contributed by atoms with E-state index >= 15 is 0 Å². The Bertz CT molecular complexity index is 912. The number of nitrogens with one attached hydrogen (secondary N) is 1. The van der Waals surface area contributed by atoms with E-state index in [0.29, 0.717) is 24.1 Å². The minimum Gasteiger partial charge on any atom is -0.468 e. The van der Waals surface area contributed by atoms with Crippen molar-refractivity contribution in [2.24, 2.45) is 5.41 Å². The van der Waals surface area contributed by atoms with Crippen LogP contribution in [0.3, 0.4) is 0 Å². The first-order valence-corrected chi connectivity index (χ1v) is 10.1. The molecule has 1 aliphatic rings. The first-order chi connectivity index (χ1) is 14.6. The number of piperidine rings is 1. The largest absolute Gasteiger partial charge is 0.468 e. The number of carbonyl (C=O) groups excluding carboxylic acids is 1. The van der Waals surface area contributed by atoms with Crippen LogP contribution in [0, 0.1) is 12.3 Å². The fraction of sp³-hybridized carbons (Fsp3) is 0.500. The van der Waals surface area contributed by atoms with E-state index in [2.05, 4.69) is 15.3 Å². The van der Waals surface area contributed by atoms with Gasteiger partial charge in [0.05, 0.1) is 0 Å². The molecule has 9 heteroatoms. The molecule has 1 atom stereocenters. The van der Waals surface area contributed by atoms with E-state index in [-0.39, 0.29) is 6.10 Å². The lowest BCUT2D eigenvalue weighted by atomic mass is 9.81. The summed E-state index contributed by atoms with van der Waals surface area (Å²) in [6.45, 7) is 6.39. The summed E-state index contributed by atoms with van der Waals surface area (Å²) in [4.78, 5) is 21.2. The minimum atomic E-state index is -4.65. The van der Waals surface area contributed by atoms with E-state index in [4.69, 9.17) is 9.47 Å². The number of halogens is 3. The van der Waals surface area contributed by atoms with E-state index < -0.39 is 35.1 Å². The van der Waals surface area contributed by atoms with Gasteiger partial charge in [-0.05, 0) is 64.9 Å². The number of esters is 1. The summed E-state index contributed by atoms with van der Waals surface area (Å²) < 4.78 is 52.1. The van der Waals surface area contributed by atoms with Crippen molar-refractivity contribution in [1.82, 2.24) is 15.3 Å². The predicted octanol–water partition coefficient (Wildman–Crippen LogP) is 4.25. The van der Waals surface area contributed by atoms with E-state index in [1.54, 1.807) is 39.1 Å². The van der Waals surface area contributed by atoms with Gasteiger partial charge in [-0.2, -0.15) is 13.2 Å². The lowest BCUT2D eigenvalue weighted by molar-refractivity contribution is -0.167. The van der Waals surface area contributed by atoms with Gasteiger partial charge < -0.3 is 14.8 Å². The van der Waals surface area contributed by atoms with Crippen LogP contribution in [-0.4, -0.2) is 35.1 Å². The first kappa shape index (κ1) is 23.0. The van der Waals surface area contributed by atoms with Gasteiger partial charge in [-0.3, -0.25) is 9.78 Å². The molecule has 0 radical (unpaired) electrons. The number of hydrogen-bond acceptors (Lipinski definition) is 6. The van der Waals surface area contributed by atoms with Crippen molar-refractivity contribution in [2.75, 3.05) is 13.1 Å². The summed E-state index contributed by atoms with van der Waals surface area (Å²) in [6.07, 6.45) is -1.85. The van der Waals surface area contributed by atoms with E-state index in [9.17, 15) is 18.0 Å². The SMILES string of the molecule is Cc1ncccc1C(Oc1ncccc1C(F)(F)F)C(C)(C)C(=O)OC1CCNCC1. The predicted molar refractivity (Wildman–Crippen MR) is 107 cm³/mol. The lowest BCUT2D eigenvalue weighted by Crippen LogP contribution is -2.41. The summed E-state index contributed by atoms with van der Waals surface area (Å²) in [6, 6.07) is 5.42. The van der Waals surface area contributed by atoms with Crippen LogP contribution in [0.5, 0.6) is 5.88 Å². The maximum Gasteiger partial charge on any atom is 0.421 e. The molecule has 168 valence electrons. The van der Waals surface area contributed by atoms with Crippen molar-refractivity contribution in [3.63, 3.8) is 0 Å². The van der Waals surface area contributed by atoms with Crippen molar-refractivity contribution in [1.29, 1.82) is 0 Å². The van der Waals surface area contributed by atoms with Crippen molar-refractivity contribution in [3.8, 4) is 5.88 Å². The molecule has 1 aliphatic heterocycles. The molecule has 0 saturated carbocycles. The van der Waals surface area contributed by atoms with Gasteiger partial charge in [-0.1, -0.05) is 6.07 Å². The van der Waals surface area contributed by atoms with E-state index in [0.717, 1.165) is 19.2 Å². The molecule has 0 aromatic carbocycles. The molecule has 6 nitrogen and oxygen atoms in total. The third-order valence-corrected chi connectivity index (χ3v) is 5.38. The molecule has 2 aromatic heterocycles. The highest BCUT2D eigenvalue weighted by atomic mass is 19.4. The summed E-state index contributed by atoms with van der Waals surface area (Å²) in [5, 5.41) is 3.20. The Hall–Kier alpha value is -2.68. The van der Waals surface area contributed by atoms with Gasteiger partial charge in [0.25, 0.3) is 0 Å². The van der Waals surface area contributed by atoms with Crippen molar-refractivity contribution < 1.29 is 27.4 Å². The number of carbonyl (C=O) groups is 1. The van der Waals surface area contributed by atoms with Gasteiger partial charge in [0.15, 0.2) is 0 Å². The average molecular weight is 437 g/mol. The molecule has 0 aliphatic carbocycles. The molecule has 0 amide bonds. The molecule has 2 aromatic rings. The standard InChI is InChI=1S/C22H26F3N3O3/c1-14-16(6-4-10-27-14)18(31-19-17(22(23,24)25)7-5-11-28-19)21(2,3)20(29)30-15-8-12-26-13-9-15/h4-7,10-11,15,18,26H,8-9,12-13H2,1-3H3. The summed E-state index contributed by atoms with van der Waals surface area (Å²) in [5.41, 5.74) is -1.28. The number of pyridine rings is 2. The van der Waals surface area contributed by atoms with Crippen LogP contribution >= 0.6 is 0 Å². The third-order valence-electron chi connectivity index (χ3n) is 5.38. The van der Waals surface area contributed by atoms with Crippen LogP contribution in [-0.2, 0) is 15.7 Å². The Morgan fingerprint density at radius 1 is 1.13 bits per heavy atom. The van der Waals surface area contributed by atoms with Gasteiger partial charge >= 0.3 is 12.1 Å². The number of hydrogen-bond donors (Lipinski definition) is 1. The molecule has 1 unspecified atom stereocenters. The summed E-state index contributed by atoms with van der Waals surface area (Å²) >= 11 is 0. The Kier molecular flexibility index (Phi) is 6.83. The van der Waals surface area contributed by atoms with Crippen molar-refractivity contribution >= 4 is 5.97 Å². The number of ether oxygens (including phenoxy) is 2. The van der Waals surface area contributed by atoms with Crippen molar-refractivity contribution in [2.45, 2.75) is 52.0 Å². The molecule has 1 saturated heterocycles. The van der Waals surface area contributed by atoms with Gasteiger partial charge in [0.1, 0.15) is 23.2 Å². The van der Waals surface area contributed by atoms with Gasteiger partial charge in [0.2, 0.25) is 5.88 Å². The number of nitrogens with zero attached hydrogens (tertiary/aromatic N) is 2. The molecule has 31 heavy (non-hydrogen) atoms. The Morgan fingerprint density at radius 3 is 2.42 bits per heavy atom. The topological polar surface area (TPSA) is 73.3 Å². The molecule has 1 N–H and O–H groups in total. The Labute approximate surface area is 179 Å². The molecular formula is C22H26F3N3O3.